The highest BCUT2D eigenvalue weighted by atomic mass is 35.5. The number of nitrogens with one attached hydrogen (secondary N) is 2. The smallest absolute Gasteiger partial charge is 0.229 e. The van der Waals surface area contributed by atoms with Gasteiger partial charge in [0.2, 0.25) is 11.8 Å². The van der Waals surface area contributed by atoms with Crippen molar-refractivity contribution < 1.29 is 9.59 Å². The number of rotatable bonds is 5. The lowest BCUT2D eigenvalue weighted by atomic mass is 10.1. The number of halogens is 2. The molecule has 0 aromatic heterocycles. The molecule has 0 saturated heterocycles. The Labute approximate surface area is 140 Å². The van der Waals surface area contributed by atoms with Crippen LogP contribution in [0, 0.1) is 11.3 Å². The van der Waals surface area contributed by atoms with Gasteiger partial charge < -0.3 is 10.6 Å². The summed E-state index contributed by atoms with van der Waals surface area (Å²) in [7, 11) is 0. The molecule has 1 aromatic rings. The molecule has 0 spiro atoms. The number of anilines is 1. The zero-order chi connectivity index (χ0) is 16.5. The molecule has 0 bridgehead atoms. The summed E-state index contributed by atoms with van der Waals surface area (Å²) in [6.45, 7) is 5.83. The number of carbonyl (C=O) groups excluding carboxylic acids is 2. The van der Waals surface area contributed by atoms with Gasteiger partial charge in [-0.25, -0.2) is 0 Å². The minimum absolute atomic E-state index is 0.0247. The first-order valence-electron chi connectivity index (χ1n) is 7.22. The maximum absolute atomic E-state index is 12.1. The largest absolute Gasteiger partial charge is 0.351 e. The van der Waals surface area contributed by atoms with Gasteiger partial charge in [0.25, 0.3) is 0 Å². The van der Waals surface area contributed by atoms with E-state index in [2.05, 4.69) is 10.6 Å². The quantitative estimate of drug-likeness (QED) is 0.804. The van der Waals surface area contributed by atoms with Crippen LogP contribution >= 0.6 is 23.2 Å². The number of hydrogen-bond donors (Lipinski definition) is 2. The molecule has 6 heteroatoms. The van der Waals surface area contributed by atoms with Crippen LogP contribution in [0.5, 0.6) is 0 Å². The molecular formula is C16H20Cl2N2O2. The average molecular weight is 343 g/mol. The molecule has 1 atom stereocenters. The lowest BCUT2D eigenvalue weighted by Crippen LogP contribution is -2.32. The van der Waals surface area contributed by atoms with E-state index in [0.29, 0.717) is 13.0 Å². The van der Waals surface area contributed by atoms with Gasteiger partial charge in [-0.05, 0) is 31.0 Å². The lowest BCUT2D eigenvalue weighted by Gasteiger charge is -2.13. The van der Waals surface area contributed by atoms with Gasteiger partial charge in [0.1, 0.15) is 4.33 Å². The molecule has 120 valence electrons. The first-order valence-corrected chi connectivity index (χ1v) is 7.97. The van der Waals surface area contributed by atoms with Crippen molar-refractivity contribution in [3.63, 3.8) is 0 Å². The van der Waals surface area contributed by atoms with Gasteiger partial charge in [-0.2, -0.15) is 0 Å². The second kappa shape index (κ2) is 6.09. The summed E-state index contributed by atoms with van der Waals surface area (Å²) in [6.07, 6.45) is 0.467. The highest BCUT2D eigenvalue weighted by Crippen LogP contribution is 2.63. The van der Waals surface area contributed by atoms with Crippen LogP contribution in [0.3, 0.4) is 0 Å². The summed E-state index contributed by atoms with van der Waals surface area (Å²) in [4.78, 5) is 23.7. The molecule has 1 aliphatic carbocycles. The second-order valence-corrected chi connectivity index (χ2v) is 7.72. The van der Waals surface area contributed by atoms with E-state index in [1.807, 2.05) is 38.1 Å². The minimum atomic E-state index is -0.956. The van der Waals surface area contributed by atoms with Gasteiger partial charge in [0.05, 0.1) is 5.41 Å². The number of benzene rings is 1. The molecule has 2 amide bonds. The van der Waals surface area contributed by atoms with Crippen LogP contribution in [0.2, 0.25) is 0 Å². The van der Waals surface area contributed by atoms with Crippen molar-refractivity contribution >= 4 is 40.7 Å². The van der Waals surface area contributed by atoms with E-state index in [9.17, 15) is 9.59 Å². The molecule has 22 heavy (non-hydrogen) atoms. The Morgan fingerprint density at radius 2 is 1.77 bits per heavy atom. The van der Waals surface area contributed by atoms with Gasteiger partial charge >= 0.3 is 0 Å². The first-order chi connectivity index (χ1) is 10.2. The third-order valence-corrected chi connectivity index (χ3v) is 5.06. The Balaban J connectivity index is 1.87. The fraction of sp³-hybridized carbons (Fsp3) is 0.500. The molecule has 2 N–H and O–H groups in total. The third-order valence-electron chi connectivity index (χ3n) is 3.96. The van der Waals surface area contributed by atoms with Crippen molar-refractivity contribution in [3.05, 3.63) is 29.8 Å². The van der Waals surface area contributed by atoms with Crippen LogP contribution < -0.4 is 10.6 Å². The summed E-state index contributed by atoms with van der Waals surface area (Å²) in [5.74, 6) is -0.234. The Morgan fingerprint density at radius 1 is 1.23 bits per heavy atom. The van der Waals surface area contributed by atoms with Gasteiger partial charge in [0.15, 0.2) is 0 Å². The minimum Gasteiger partial charge on any atom is -0.351 e. The fourth-order valence-electron chi connectivity index (χ4n) is 2.02. The predicted octanol–water partition coefficient (Wildman–Crippen LogP) is 3.48. The molecule has 1 fully saturated rings. The Hall–Kier alpha value is -1.26. The lowest BCUT2D eigenvalue weighted by molar-refractivity contribution is -0.126. The van der Waals surface area contributed by atoms with Crippen molar-refractivity contribution in [2.24, 2.45) is 11.3 Å². The topological polar surface area (TPSA) is 58.2 Å². The summed E-state index contributed by atoms with van der Waals surface area (Å²) >= 11 is 12.0. The van der Waals surface area contributed by atoms with Crippen LogP contribution in [0.4, 0.5) is 5.69 Å². The van der Waals surface area contributed by atoms with Crippen molar-refractivity contribution in [3.8, 4) is 0 Å². The number of alkyl halides is 2. The van der Waals surface area contributed by atoms with Gasteiger partial charge in [-0.15, -0.1) is 23.2 Å². The van der Waals surface area contributed by atoms with E-state index in [0.717, 1.165) is 11.3 Å². The van der Waals surface area contributed by atoms with E-state index in [4.69, 9.17) is 23.2 Å². The Bertz CT molecular complexity index is 584. The monoisotopic (exact) mass is 342 g/mol. The van der Waals surface area contributed by atoms with E-state index in [1.54, 1.807) is 6.92 Å². The predicted molar refractivity (Wildman–Crippen MR) is 88.9 cm³/mol. The molecule has 0 heterocycles. The Morgan fingerprint density at radius 3 is 2.23 bits per heavy atom. The Kier molecular flexibility index (Phi) is 4.73. The summed E-state index contributed by atoms with van der Waals surface area (Å²) in [6, 6.07) is 7.35. The normalized spacial score (nSPS) is 22.3. The standard InChI is InChI=1S/C16H20Cl2N2O2/c1-10(2)13(21)20-12-6-4-11(5-7-12)8-19-14(22)15(3)9-16(15,17)18/h4-7,10H,8-9H2,1-3H3,(H,19,22)(H,20,21). The van der Waals surface area contributed by atoms with Crippen molar-refractivity contribution in [1.29, 1.82) is 0 Å². The van der Waals surface area contributed by atoms with E-state index >= 15 is 0 Å². The van der Waals surface area contributed by atoms with Crippen LogP contribution in [0.25, 0.3) is 0 Å². The van der Waals surface area contributed by atoms with Gasteiger partial charge in [0, 0.05) is 18.2 Å². The maximum Gasteiger partial charge on any atom is 0.229 e. The third kappa shape index (κ3) is 3.55. The highest BCUT2D eigenvalue weighted by molar-refractivity contribution is 6.53. The van der Waals surface area contributed by atoms with E-state index in [1.165, 1.54) is 0 Å². The molecule has 1 aliphatic rings. The molecule has 4 nitrogen and oxygen atoms in total. The number of carbonyl (C=O) groups is 2. The number of hydrogen-bond acceptors (Lipinski definition) is 2. The van der Waals surface area contributed by atoms with Gasteiger partial charge in [-0.1, -0.05) is 26.0 Å². The summed E-state index contributed by atoms with van der Waals surface area (Å²) in [5, 5.41) is 5.66. The fourth-order valence-corrected chi connectivity index (χ4v) is 2.72. The molecular weight excluding hydrogens is 323 g/mol. The molecule has 0 radical (unpaired) electrons. The van der Waals surface area contributed by atoms with Crippen LogP contribution in [-0.4, -0.2) is 16.1 Å². The highest BCUT2D eigenvalue weighted by Gasteiger charge is 2.67. The zero-order valence-corrected chi connectivity index (χ0v) is 14.4. The molecule has 1 saturated carbocycles. The van der Waals surface area contributed by atoms with Crippen LogP contribution in [0.15, 0.2) is 24.3 Å². The van der Waals surface area contributed by atoms with E-state index < -0.39 is 9.75 Å². The molecule has 1 aromatic carbocycles. The SMILES string of the molecule is CC(C)C(=O)Nc1ccc(CNC(=O)C2(C)CC2(Cl)Cl)cc1. The zero-order valence-electron chi connectivity index (χ0n) is 12.9. The molecule has 0 aliphatic heterocycles. The molecule has 2 rings (SSSR count). The van der Waals surface area contributed by atoms with Crippen molar-refractivity contribution in [2.75, 3.05) is 5.32 Å². The van der Waals surface area contributed by atoms with Crippen LogP contribution in [0.1, 0.15) is 32.8 Å². The number of amides is 2. The summed E-state index contributed by atoms with van der Waals surface area (Å²) < 4.78 is -0.956. The average Bonchev–Trinajstić information content (AvgIpc) is 2.97. The maximum atomic E-state index is 12.1. The van der Waals surface area contributed by atoms with Crippen molar-refractivity contribution in [1.82, 2.24) is 5.32 Å². The second-order valence-electron chi connectivity index (χ2n) is 6.24. The molecule has 1 unspecified atom stereocenters. The first kappa shape index (κ1) is 17.1. The van der Waals surface area contributed by atoms with Gasteiger partial charge in [-0.3, -0.25) is 9.59 Å². The van der Waals surface area contributed by atoms with Crippen LogP contribution in [-0.2, 0) is 16.1 Å². The van der Waals surface area contributed by atoms with Crippen molar-refractivity contribution in [2.45, 2.75) is 38.1 Å². The van der Waals surface area contributed by atoms with E-state index in [-0.39, 0.29) is 17.7 Å². The summed E-state index contributed by atoms with van der Waals surface area (Å²) in [5.41, 5.74) is 0.972.